The van der Waals surface area contributed by atoms with Gasteiger partial charge in [0.05, 0.1) is 13.3 Å². The lowest BCUT2D eigenvalue weighted by atomic mass is 9.90. The molecular formula is C14H20FNO. The predicted molar refractivity (Wildman–Crippen MR) is 67.4 cm³/mol. The van der Waals surface area contributed by atoms with Gasteiger partial charge in [-0.3, -0.25) is 4.39 Å². The molecule has 0 saturated carbocycles. The minimum atomic E-state index is -0.312. The molecular weight excluding hydrogens is 217 g/mol. The second-order valence-corrected chi connectivity index (χ2v) is 4.48. The van der Waals surface area contributed by atoms with Gasteiger partial charge in [0.1, 0.15) is 5.75 Å². The van der Waals surface area contributed by atoms with Gasteiger partial charge < -0.3 is 10.1 Å². The number of alkyl halides is 1. The number of hydrogen-bond acceptors (Lipinski definition) is 2. The van der Waals surface area contributed by atoms with E-state index in [0.717, 1.165) is 18.8 Å². The van der Waals surface area contributed by atoms with Crippen LogP contribution >= 0.6 is 0 Å². The molecule has 2 nitrogen and oxygen atoms in total. The minimum Gasteiger partial charge on any atom is -0.494 e. The highest BCUT2D eigenvalue weighted by Gasteiger charge is 2.14. The van der Waals surface area contributed by atoms with E-state index in [1.54, 1.807) is 0 Å². The first-order chi connectivity index (χ1) is 8.40. The van der Waals surface area contributed by atoms with Crippen LogP contribution in [0.15, 0.2) is 24.3 Å². The molecule has 0 spiro atoms. The molecule has 0 aromatic heterocycles. The molecule has 2 rings (SSSR count). The molecule has 1 heterocycles. The van der Waals surface area contributed by atoms with Crippen molar-refractivity contribution in [3.63, 3.8) is 0 Å². The highest BCUT2D eigenvalue weighted by Crippen LogP contribution is 2.26. The molecule has 1 aromatic rings. The summed E-state index contributed by atoms with van der Waals surface area (Å²) >= 11 is 0. The number of piperidine rings is 1. The number of ether oxygens (including phenoxy) is 1. The summed E-state index contributed by atoms with van der Waals surface area (Å²) in [6.07, 6.45) is 2.89. The van der Waals surface area contributed by atoms with Gasteiger partial charge in [-0.05, 0) is 49.5 Å². The van der Waals surface area contributed by atoms with E-state index in [0.29, 0.717) is 18.9 Å². The van der Waals surface area contributed by atoms with Crippen LogP contribution in [0.4, 0.5) is 4.39 Å². The molecule has 0 unspecified atom stereocenters. The minimum absolute atomic E-state index is 0.312. The fourth-order valence-electron chi connectivity index (χ4n) is 2.24. The van der Waals surface area contributed by atoms with Gasteiger partial charge in [0.25, 0.3) is 0 Å². The number of rotatable bonds is 5. The molecule has 0 aliphatic carbocycles. The van der Waals surface area contributed by atoms with Gasteiger partial charge in [-0.1, -0.05) is 12.1 Å². The Morgan fingerprint density at radius 2 is 1.88 bits per heavy atom. The van der Waals surface area contributed by atoms with Crippen molar-refractivity contribution in [1.82, 2.24) is 5.32 Å². The van der Waals surface area contributed by atoms with Crippen molar-refractivity contribution >= 4 is 0 Å². The first-order valence-electron chi connectivity index (χ1n) is 6.39. The maximum atomic E-state index is 11.9. The summed E-state index contributed by atoms with van der Waals surface area (Å²) in [6, 6.07) is 8.27. The number of halogens is 1. The van der Waals surface area contributed by atoms with Gasteiger partial charge in [-0.15, -0.1) is 0 Å². The van der Waals surface area contributed by atoms with Crippen molar-refractivity contribution in [3.05, 3.63) is 29.8 Å². The summed E-state index contributed by atoms with van der Waals surface area (Å²) in [7, 11) is 0. The van der Waals surface area contributed by atoms with Crippen LogP contribution in [0.5, 0.6) is 5.75 Å². The summed E-state index contributed by atoms with van der Waals surface area (Å²) in [5.41, 5.74) is 1.39. The summed E-state index contributed by atoms with van der Waals surface area (Å²) in [4.78, 5) is 0. The Morgan fingerprint density at radius 1 is 1.18 bits per heavy atom. The van der Waals surface area contributed by atoms with E-state index >= 15 is 0 Å². The maximum absolute atomic E-state index is 11.9. The van der Waals surface area contributed by atoms with E-state index in [2.05, 4.69) is 17.4 Å². The third kappa shape index (κ3) is 3.70. The molecule has 1 N–H and O–H groups in total. The van der Waals surface area contributed by atoms with Gasteiger partial charge in [0.15, 0.2) is 0 Å². The lowest BCUT2D eigenvalue weighted by Crippen LogP contribution is -2.26. The Balaban J connectivity index is 1.88. The molecule has 1 aliphatic heterocycles. The second kappa shape index (κ2) is 6.60. The van der Waals surface area contributed by atoms with Crippen molar-refractivity contribution in [3.8, 4) is 5.75 Å². The molecule has 0 amide bonds. The lowest BCUT2D eigenvalue weighted by molar-refractivity contribution is 0.289. The largest absolute Gasteiger partial charge is 0.494 e. The zero-order chi connectivity index (χ0) is 11.9. The van der Waals surface area contributed by atoms with Crippen molar-refractivity contribution in [1.29, 1.82) is 0 Å². The van der Waals surface area contributed by atoms with E-state index in [9.17, 15) is 4.39 Å². The van der Waals surface area contributed by atoms with E-state index in [1.165, 1.54) is 18.4 Å². The Kier molecular flexibility index (Phi) is 4.80. The highest BCUT2D eigenvalue weighted by atomic mass is 19.1. The zero-order valence-electron chi connectivity index (χ0n) is 10.1. The van der Waals surface area contributed by atoms with Crippen molar-refractivity contribution in [2.24, 2.45) is 0 Å². The normalized spacial score (nSPS) is 17.0. The Hall–Kier alpha value is -1.09. The number of nitrogens with one attached hydrogen (secondary N) is 1. The number of hydrogen-bond donors (Lipinski definition) is 1. The van der Waals surface area contributed by atoms with E-state index in [4.69, 9.17) is 4.74 Å². The molecule has 1 fully saturated rings. The molecule has 94 valence electrons. The standard InChI is InChI=1S/C14H20FNO/c15-8-1-11-17-14-4-2-12(3-5-14)13-6-9-16-10-7-13/h2-5,13,16H,1,6-11H2. The lowest BCUT2D eigenvalue weighted by Gasteiger charge is -2.23. The summed E-state index contributed by atoms with van der Waals surface area (Å²) < 4.78 is 17.4. The van der Waals surface area contributed by atoms with Crippen LogP contribution in [0.3, 0.4) is 0 Å². The van der Waals surface area contributed by atoms with Crippen molar-refractivity contribution < 1.29 is 9.13 Å². The zero-order valence-corrected chi connectivity index (χ0v) is 10.1. The third-order valence-corrected chi connectivity index (χ3v) is 3.24. The predicted octanol–water partition coefficient (Wildman–Crippen LogP) is 2.89. The average molecular weight is 237 g/mol. The average Bonchev–Trinajstić information content (AvgIpc) is 2.41. The van der Waals surface area contributed by atoms with Gasteiger partial charge >= 0.3 is 0 Å². The maximum Gasteiger partial charge on any atom is 0.119 e. The van der Waals surface area contributed by atoms with Crippen LogP contribution in [-0.2, 0) is 0 Å². The summed E-state index contributed by atoms with van der Waals surface area (Å²) in [6.45, 7) is 2.37. The summed E-state index contributed by atoms with van der Waals surface area (Å²) in [5.74, 6) is 1.52. The topological polar surface area (TPSA) is 21.3 Å². The van der Waals surface area contributed by atoms with E-state index in [1.807, 2.05) is 12.1 Å². The van der Waals surface area contributed by atoms with Gasteiger partial charge in [0, 0.05) is 6.42 Å². The number of benzene rings is 1. The van der Waals surface area contributed by atoms with Crippen LogP contribution in [0, 0.1) is 0 Å². The van der Waals surface area contributed by atoms with Crippen LogP contribution in [-0.4, -0.2) is 26.4 Å². The molecule has 1 aliphatic rings. The van der Waals surface area contributed by atoms with Crippen molar-refractivity contribution in [2.75, 3.05) is 26.4 Å². The second-order valence-electron chi connectivity index (χ2n) is 4.48. The van der Waals surface area contributed by atoms with Gasteiger partial charge in [0.2, 0.25) is 0 Å². The van der Waals surface area contributed by atoms with Crippen LogP contribution < -0.4 is 10.1 Å². The molecule has 17 heavy (non-hydrogen) atoms. The van der Waals surface area contributed by atoms with Crippen LogP contribution in [0.1, 0.15) is 30.7 Å². The van der Waals surface area contributed by atoms with Crippen LogP contribution in [0.2, 0.25) is 0 Å². The monoisotopic (exact) mass is 237 g/mol. The molecule has 0 atom stereocenters. The van der Waals surface area contributed by atoms with E-state index in [-0.39, 0.29) is 6.67 Å². The van der Waals surface area contributed by atoms with Crippen LogP contribution in [0.25, 0.3) is 0 Å². The molecule has 3 heteroatoms. The third-order valence-electron chi connectivity index (χ3n) is 3.24. The fourth-order valence-corrected chi connectivity index (χ4v) is 2.24. The smallest absolute Gasteiger partial charge is 0.119 e. The Bertz CT molecular complexity index is 319. The molecule has 1 saturated heterocycles. The Labute approximate surface area is 102 Å². The SMILES string of the molecule is FCCCOc1ccc(C2CCNCC2)cc1. The van der Waals surface area contributed by atoms with E-state index < -0.39 is 0 Å². The van der Waals surface area contributed by atoms with Crippen molar-refractivity contribution in [2.45, 2.75) is 25.2 Å². The first kappa shape index (κ1) is 12.4. The summed E-state index contributed by atoms with van der Waals surface area (Å²) in [5, 5.41) is 3.37. The molecule has 1 aromatic carbocycles. The highest BCUT2D eigenvalue weighted by molar-refractivity contribution is 5.29. The fraction of sp³-hybridized carbons (Fsp3) is 0.571. The Morgan fingerprint density at radius 3 is 2.53 bits per heavy atom. The van der Waals surface area contributed by atoms with Gasteiger partial charge in [-0.2, -0.15) is 0 Å². The molecule has 0 radical (unpaired) electrons. The quantitative estimate of drug-likeness (QED) is 0.795. The molecule has 0 bridgehead atoms. The van der Waals surface area contributed by atoms with Gasteiger partial charge in [-0.25, -0.2) is 0 Å². The first-order valence-corrected chi connectivity index (χ1v) is 6.39.